The van der Waals surface area contributed by atoms with Crippen molar-refractivity contribution in [1.82, 2.24) is 16.2 Å². The van der Waals surface area contributed by atoms with Crippen LogP contribution in [0.4, 0.5) is 0 Å². The van der Waals surface area contributed by atoms with Gasteiger partial charge in [-0.25, -0.2) is 0 Å². The molecule has 2 aromatic rings. The Morgan fingerprint density at radius 2 is 2.13 bits per heavy atom. The molecule has 2 heterocycles. The van der Waals surface area contributed by atoms with Crippen molar-refractivity contribution >= 4 is 16.9 Å². The molecule has 1 aromatic carbocycles. The van der Waals surface area contributed by atoms with Crippen LogP contribution in [0.3, 0.4) is 0 Å². The van der Waals surface area contributed by atoms with Gasteiger partial charge in [0.2, 0.25) is 0 Å². The van der Waals surface area contributed by atoms with Crippen molar-refractivity contribution in [3.05, 3.63) is 46.3 Å². The number of nitrogens with one attached hydrogen (secondary N) is 3. The fourth-order valence-electron chi connectivity index (χ4n) is 3.58. The monoisotopic (exact) mass is 313 g/mol. The summed E-state index contributed by atoms with van der Waals surface area (Å²) in [5.41, 5.74) is 6.68. The third-order valence-corrected chi connectivity index (χ3v) is 4.84. The van der Waals surface area contributed by atoms with Gasteiger partial charge in [0.1, 0.15) is 5.58 Å². The Hall–Kier alpha value is -2.18. The van der Waals surface area contributed by atoms with E-state index < -0.39 is 0 Å². The fourth-order valence-corrected chi connectivity index (χ4v) is 3.58. The molecule has 2 aliphatic rings. The number of carbonyl (C=O) groups excluding carboxylic acids is 1. The Kier molecular flexibility index (Phi) is 3.63. The second kappa shape index (κ2) is 5.79. The number of hydrazine groups is 1. The highest BCUT2D eigenvalue weighted by molar-refractivity contribution is 5.93. The normalized spacial score (nSPS) is 26.9. The summed E-state index contributed by atoms with van der Waals surface area (Å²) in [5, 5.41) is 3.49. The summed E-state index contributed by atoms with van der Waals surface area (Å²) in [7, 11) is 0. The van der Waals surface area contributed by atoms with Crippen molar-refractivity contribution in [1.29, 1.82) is 0 Å². The van der Waals surface area contributed by atoms with Gasteiger partial charge in [0.15, 0.2) is 11.2 Å². The van der Waals surface area contributed by atoms with Gasteiger partial charge in [0, 0.05) is 24.7 Å². The predicted molar refractivity (Wildman–Crippen MR) is 86.0 cm³/mol. The van der Waals surface area contributed by atoms with E-state index in [0.29, 0.717) is 22.9 Å². The lowest BCUT2D eigenvalue weighted by atomic mass is 9.83. The fraction of sp³-hybridized carbons (Fsp3) is 0.412. The average Bonchev–Trinajstić information content (AvgIpc) is 3.02. The van der Waals surface area contributed by atoms with Crippen molar-refractivity contribution in [3.63, 3.8) is 0 Å². The Labute approximate surface area is 133 Å². The first kappa shape index (κ1) is 14.4. The highest BCUT2D eigenvalue weighted by atomic mass is 16.3. The molecule has 120 valence electrons. The van der Waals surface area contributed by atoms with Crippen LogP contribution in [0.15, 0.2) is 39.5 Å². The number of amides is 1. The van der Waals surface area contributed by atoms with Crippen LogP contribution in [0.5, 0.6) is 0 Å². The predicted octanol–water partition coefficient (Wildman–Crippen LogP) is 1.17. The van der Waals surface area contributed by atoms with E-state index in [2.05, 4.69) is 16.2 Å². The van der Waals surface area contributed by atoms with E-state index in [9.17, 15) is 9.59 Å². The number of para-hydroxylation sites is 1. The zero-order valence-electron chi connectivity index (χ0n) is 12.7. The van der Waals surface area contributed by atoms with Gasteiger partial charge in [-0.05, 0) is 37.3 Å². The number of hydrogen-bond donors (Lipinski definition) is 3. The number of carbonyl (C=O) groups is 1. The molecular weight excluding hydrogens is 294 g/mol. The average molecular weight is 313 g/mol. The lowest BCUT2D eigenvalue weighted by Gasteiger charge is -2.31. The van der Waals surface area contributed by atoms with Gasteiger partial charge in [0.05, 0.1) is 5.39 Å². The molecule has 1 saturated heterocycles. The second-order valence-corrected chi connectivity index (χ2v) is 6.35. The molecule has 1 aliphatic heterocycles. The molecule has 0 bridgehead atoms. The van der Waals surface area contributed by atoms with Gasteiger partial charge in [-0.1, -0.05) is 12.1 Å². The zero-order valence-corrected chi connectivity index (χ0v) is 12.7. The molecule has 3 N–H and O–H groups in total. The molecule has 3 atom stereocenters. The minimum absolute atomic E-state index is 0.0772. The van der Waals surface area contributed by atoms with Gasteiger partial charge < -0.3 is 9.73 Å². The minimum atomic E-state index is -0.317. The number of benzene rings is 1. The van der Waals surface area contributed by atoms with Gasteiger partial charge in [0.25, 0.3) is 5.91 Å². The molecule has 1 amide bonds. The van der Waals surface area contributed by atoms with Crippen LogP contribution in [0.25, 0.3) is 11.0 Å². The summed E-state index contributed by atoms with van der Waals surface area (Å²) < 4.78 is 5.59. The molecule has 3 unspecified atom stereocenters. The van der Waals surface area contributed by atoms with Crippen LogP contribution in [-0.2, 0) is 0 Å². The van der Waals surface area contributed by atoms with E-state index in [1.54, 1.807) is 24.3 Å². The third kappa shape index (κ3) is 2.75. The summed E-state index contributed by atoms with van der Waals surface area (Å²) in [6.45, 7) is 0.991. The number of fused-ring (bicyclic) bond motifs is 2. The summed E-state index contributed by atoms with van der Waals surface area (Å²) in [6, 6.07) is 8.74. The van der Waals surface area contributed by atoms with E-state index in [-0.39, 0.29) is 23.1 Å². The first-order valence-corrected chi connectivity index (χ1v) is 8.03. The number of rotatable bonds is 2. The Morgan fingerprint density at radius 1 is 1.26 bits per heavy atom. The molecule has 23 heavy (non-hydrogen) atoms. The molecule has 1 aliphatic carbocycles. The van der Waals surface area contributed by atoms with Gasteiger partial charge in [-0.2, -0.15) is 0 Å². The molecule has 6 heteroatoms. The summed E-state index contributed by atoms with van der Waals surface area (Å²) >= 11 is 0. The lowest BCUT2D eigenvalue weighted by molar-refractivity contribution is 0.0891. The summed E-state index contributed by atoms with van der Waals surface area (Å²) in [6.07, 6.45) is 2.92. The highest BCUT2D eigenvalue weighted by Crippen LogP contribution is 2.26. The Morgan fingerprint density at radius 3 is 3.04 bits per heavy atom. The van der Waals surface area contributed by atoms with Crippen LogP contribution < -0.4 is 21.6 Å². The number of hydrogen-bond acceptors (Lipinski definition) is 5. The second-order valence-electron chi connectivity index (χ2n) is 6.35. The Bertz CT molecular complexity index is 801. The molecule has 1 saturated carbocycles. The van der Waals surface area contributed by atoms with Gasteiger partial charge in [-0.15, -0.1) is 0 Å². The van der Waals surface area contributed by atoms with Crippen molar-refractivity contribution in [2.24, 2.45) is 5.92 Å². The van der Waals surface area contributed by atoms with Crippen LogP contribution in [-0.4, -0.2) is 24.5 Å². The lowest BCUT2D eigenvalue weighted by Crippen LogP contribution is -2.45. The van der Waals surface area contributed by atoms with E-state index in [1.165, 1.54) is 6.07 Å². The van der Waals surface area contributed by atoms with E-state index in [4.69, 9.17) is 4.42 Å². The third-order valence-electron chi connectivity index (χ3n) is 4.84. The first-order chi connectivity index (χ1) is 11.2. The first-order valence-electron chi connectivity index (χ1n) is 8.03. The minimum Gasteiger partial charge on any atom is -0.451 e. The maximum Gasteiger partial charge on any atom is 0.287 e. The van der Waals surface area contributed by atoms with Crippen molar-refractivity contribution < 1.29 is 9.21 Å². The van der Waals surface area contributed by atoms with Crippen LogP contribution >= 0.6 is 0 Å². The topological polar surface area (TPSA) is 83.4 Å². The largest absolute Gasteiger partial charge is 0.451 e. The van der Waals surface area contributed by atoms with Gasteiger partial charge >= 0.3 is 0 Å². The highest BCUT2D eigenvalue weighted by Gasteiger charge is 2.34. The van der Waals surface area contributed by atoms with Crippen molar-refractivity contribution in [3.8, 4) is 0 Å². The van der Waals surface area contributed by atoms with Crippen LogP contribution in [0.2, 0.25) is 0 Å². The zero-order chi connectivity index (χ0) is 15.8. The summed E-state index contributed by atoms with van der Waals surface area (Å²) in [5.74, 6) is 0.400. The maximum atomic E-state index is 12.4. The van der Waals surface area contributed by atoms with Crippen molar-refractivity contribution in [2.45, 2.75) is 31.3 Å². The van der Waals surface area contributed by atoms with E-state index in [0.717, 1.165) is 25.8 Å². The quantitative estimate of drug-likeness (QED) is 0.775. The molecule has 2 fully saturated rings. The molecule has 6 nitrogen and oxygen atoms in total. The maximum absolute atomic E-state index is 12.4. The molecule has 0 spiro atoms. The molecular formula is C17H19N3O3. The van der Waals surface area contributed by atoms with Gasteiger partial charge in [-0.3, -0.25) is 20.4 Å². The van der Waals surface area contributed by atoms with E-state index >= 15 is 0 Å². The standard InChI is InChI=1S/C17H19N3O3/c21-14-8-16(23-15-4-2-1-3-12(14)15)17(22)19-11-6-5-10-9-18-20-13(10)7-11/h1-4,8,10-11,13,18,20H,5-7,9H2,(H,19,22). The SMILES string of the molecule is O=C(NC1CCC2CNNC2C1)c1cc(=O)c2ccccc2o1. The molecule has 1 aromatic heterocycles. The molecule has 4 rings (SSSR count). The summed E-state index contributed by atoms with van der Waals surface area (Å²) in [4.78, 5) is 24.5. The van der Waals surface area contributed by atoms with Crippen LogP contribution in [0, 0.1) is 5.92 Å². The van der Waals surface area contributed by atoms with Crippen molar-refractivity contribution in [2.75, 3.05) is 6.54 Å². The van der Waals surface area contributed by atoms with E-state index in [1.807, 2.05) is 0 Å². The molecule has 0 radical (unpaired) electrons. The smallest absolute Gasteiger partial charge is 0.287 e. The Balaban J connectivity index is 1.52. The van der Waals surface area contributed by atoms with Crippen LogP contribution in [0.1, 0.15) is 29.8 Å².